The van der Waals surface area contributed by atoms with E-state index in [0.717, 1.165) is 24.4 Å². The monoisotopic (exact) mass is 347 g/mol. The number of methoxy groups -OCH3 is 1. The van der Waals surface area contributed by atoms with Gasteiger partial charge < -0.3 is 15.0 Å². The highest BCUT2D eigenvalue weighted by atomic mass is 16.5. The fourth-order valence-corrected chi connectivity index (χ4v) is 3.09. The SMILES string of the molecule is COc1ccc([C@H](NC(=O)CN2CCN(C(C)=O)CC2)C(C)C)cc1. The first-order valence-electron chi connectivity index (χ1n) is 8.82. The van der Waals surface area contributed by atoms with Crippen molar-refractivity contribution in [2.24, 2.45) is 5.92 Å². The lowest BCUT2D eigenvalue weighted by molar-refractivity contribution is -0.131. The van der Waals surface area contributed by atoms with E-state index in [2.05, 4.69) is 24.1 Å². The van der Waals surface area contributed by atoms with Crippen LogP contribution < -0.4 is 10.1 Å². The van der Waals surface area contributed by atoms with Gasteiger partial charge in [-0.15, -0.1) is 0 Å². The van der Waals surface area contributed by atoms with Gasteiger partial charge in [0.1, 0.15) is 5.75 Å². The molecule has 1 fully saturated rings. The fourth-order valence-electron chi connectivity index (χ4n) is 3.09. The number of hydrogen-bond acceptors (Lipinski definition) is 4. The van der Waals surface area contributed by atoms with Crippen LogP contribution in [0.3, 0.4) is 0 Å². The predicted molar refractivity (Wildman–Crippen MR) is 97.4 cm³/mol. The minimum Gasteiger partial charge on any atom is -0.497 e. The zero-order chi connectivity index (χ0) is 18.4. The number of piperazine rings is 1. The van der Waals surface area contributed by atoms with Gasteiger partial charge in [0.2, 0.25) is 11.8 Å². The maximum Gasteiger partial charge on any atom is 0.234 e. The van der Waals surface area contributed by atoms with Gasteiger partial charge in [-0.25, -0.2) is 0 Å². The number of carbonyl (C=O) groups excluding carboxylic acids is 2. The molecule has 1 saturated heterocycles. The van der Waals surface area contributed by atoms with Crippen LogP contribution in [0.25, 0.3) is 0 Å². The summed E-state index contributed by atoms with van der Waals surface area (Å²) in [7, 11) is 1.64. The van der Waals surface area contributed by atoms with Gasteiger partial charge in [0.15, 0.2) is 0 Å². The third-order valence-corrected chi connectivity index (χ3v) is 4.64. The minimum atomic E-state index is -0.0306. The molecule has 1 aromatic carbocycles. The van der Waals surface area contributed by atoms with Crippen LogP contribution in [0.4, 0.5) is 0 Å². The molecule has 0 bridgehead atoms. The Labute approximate surface area is 150 Å². The second kappa shape index (κ2) is 8.85. The first kappa shape index (κ1) is 19.2. The molecule has 1 aliphatic rings. The second-order valence-electron chi connectivity index (χ2n) is 6.84. The second-order valence-corrected chi connectivity index (χ2v) is 6.84. The number of amides is 2. The fraction of sp³-hybridized carbons (Fsp3) is 0.579. The molecule has 0 spiro atoms. The van der Waals surface area contributed by atoms with E-state index in [-0.39, 0.29) is 23.8 Å². The third kappa shape index (κ3) is 5.46. The third-order valence-electron chi connectivity index (χ3n) is 4.64. The zero-order valence-electron chi connectivity index (χ0n) is 15.6. The molecule has 0 unspecified atom stereocenters. The van der Waals surface area contributed by atoms with Crippen molar-refractivity contribution in [1.82, 2.24) is 15.1 Å². The topological polar surface area (TPSA) is 61.9 Å². The molecule has 0 radical (unpaired) electrons. The van der Waals surface area contributed by atoms with Gasteiger partial charge in [0.25, 0.3) is 0 Å². The summed E-state index contributed by atoms with van der Waals surface area (Å²) in [6.07, 6.45) is 0. The molecular weight excluding hydrogens is 318 g/mol. The van der Waals surface area contributed by atoms with E-state index >= 15 is 0 Å². The molecule has 1 N–H and O–H groups in total. The molecular formula is C19H29N3O3. The van der Waals surface area contributed by atoms with E-state index in [1.165, 1.54) is 0 Å². The Morgan fingerprint density at radius 3 is 2.20 bits per heavy atom. The molecule has 1 aromatic rings. The lowest BCUT2D eigenvalue weighted by Crippen LogP contribution is -2.51. The largest absolute Gasteiger partial charge is 0.497 e. The number of benzene rings is 1. The summed E-state index contributed by atoms with van der Waals surface area (Å²) < 4.78 is 5.19. The molecule has 1 heterocycles. The highest BCUT2D eigenvalue weighted by Gasteiger charge is 2.23. The summed E-state index contributed by atoms with van der Waals surface area (Å²) in [4.78, 5) is 27.8. The van der Waals surface area contributed by atoms with Crippen molar-refractivity contribution in [2.45, 2.75) is 26.8 Å². The van der Waals surface area contributed by atoms with E-state index < -0.39 is 0 Å². The van der Waals surface area contributed by atoms with E-state index in [4.69, 9.17) is 4.74 Å². The molecule has 2 amide bonds. The van der Waals surface area contributed by atoms with Crippen molar-refractivity contribution in [3.63, 3.8) is 0 Å². The average molecular weight is 347 g/mol. The van der Waals surface area contributed by atoms with E-state index in [0.29, 0.717) is 19.6 Å². The maximum atomic E-state index is 12.5. The summed E-state index contributed by atoms with van der Waals surface area (Å²) in [6, 6.07) is 7.79. The van der Waals surface area contributed by atoms with Crippen molar-refractivity contribution < 1.29 is 14.3 Å². The summed E-state index contributed by atoms with van der Waals surface area (Å²) >= 11 is 0. The van der Waals surface area contributed by atoms with E-state index in [1.54, 1.807) is 14.0 Å². The van der Waals surface area contributed by atoms with Crippen LogP contribution in [0, 0.1) is 5.92 Å². The zero-order valence-corrected chi connectivity index (χ0v) is 15.6. The van der Waals surface area contributed by atoms with Crippen molar-refractivity contribution in [2.75, 3.05) is 39.8 Å². The van der Waals surface area contributed by atoms with Crippen molar-refractivity contribution in [3.8, 4) is 5.75 Å². The Kier molecular flexibility index (Phi) is 6.82. The molecule has 0 saturated carbocycles. The van der Waals surface area contributed by atoms with Gasteiger partial charge in [-0.05, 0) is 23.6 Å². The highest BCUT2D eigenvalue weighted by molar-refractivity contribution is 5.78. The predicted octanol–water partition coefficient (Wildman–Crippen LogP) is 1.67. The van der Waals surface area contributed by atoms with Crippen LogP contribution >= 0.6 is 0 Å². The Morgan fingerprint density at radius 2 is 1.72 bits per heavy atom. The summed E-state index contributed by atoms with van der Waals surface area (Å²) in [6.45, 7) is 9.00. The van der Waals surface area contributed by atoms with Gasteiger partial charge in [-0.2, -0.15) is 0 Å². The summed E-state index contributed by atoms with van der Waals surface area (Å²) in [5.74, 6) is 1.21. The lowest BCUT2D eigenvalue weighted by Gasteiger charge is -2.34. The van der Waals surface area contributed by atoms with Crippen molar-refractivity contribution in [1.29, 1.82) is 0 Å². The number of nitrogens with one attached hydrogen (secondary N) is 1. The lowest BCUT2D eigenvalue weighted by atomic mass is 9.96. The summed E-state index contributed by atoms with van der Waals surface area (Å²) in [5.41, 5.74) is 1.07. The molecule has 0 aliphatic carbocycles. The standard InChI is InChI=1S/C19H29N3O3/c1-14(2)19(16-5-7-17(25-4)8-6-16)20-18(24)13-21-9-11-22(12-10-21)15(3)23/h5-8,14,19H,9-13H2,1-4H3,(H,20,24)/t19-/m1/s1. The van der Waals surface area contributed by atoms with Crippen LogP contribution in [0.15, 0.2) is 24.3 Å². The van der Waals surface area contributed by atoms with Gasteiger partial charge >= 0.3 is 0 Å². The first-order chi connectivity index (χ1) is 11.9. The molecule has 6 heteroatoms. The van der Waals surface area contributed by atoms with Crippen LogP contribution in [-0.4, -0.2) is 61.4 Å². The quantitative estimate of drug-likeness (QED) is 0.850. The molecule has 0 aromatic heterocycles. The van der Waals surface area contributed by atoms with Crippen LogP contribution in [0.1, 0.15) is 32.4 Å². The van der Waals surface area contributed by atoms with Crippen molar-refractivity contribution in [3.05, 3.63) is 29.8 Å². The van der Waals surface area contributed by atoms with Crippen LogP contribution in [0.5, 0.6) is 5.75 Å². The number of hydrogen-bond donors (Lipinski definition) is 1. The smallest absolute Gasteiger partial charge is 0.234 e. The Hall–Kier alpha value is -2.08. The van der Waals surface area contributed by atoms with Gasteiger partial charge in [-0.1, -0.05) is 26.0 Å². The first-order valence-corrected chi connectivity index (χ1v) is 8.82. The van der Waals surface area contributed by atoms with Crippen LogP contribution in [0.2, 0.25) is 0 Å². The highest BCUT2D eigenvalue weighted by Crippen LogP contribution is 2.23. The number of carbonyl (C=O) groups is 2. The van der Waals surface area contributed by atoms with Crippen molar-refractivity contribution >= 4 is 11.8 Å². The minimum absolute atomic E-state index is 0.0193. The normalized spacial score (nSPS) is 16.6. The number of nitrogens with zero attached hydrogens (tertiary/aromatic N) is 2. The molecule has 138 valence electrons. The maximum absolute atomic E-state index is 12.5. The van der Waals surface area contributed by atoms with E-state index in [1.807, 2.05) is 29.2 Å². The Morgan fingerprint density at radius 1 is 1.12 bits per heavy atom. The van der Waals surface area contributed by atoms with Gasteiger partial charge in [0, 0.05) is 33.1 Å². The Balaban J connectivity index is 1.91. The van der Waals surface area contributed by atoms with Gasteiger partial charge in [0.05, 0.1) is 19.7 Å². The van der Waals surface area contributed by atoms with Crippen LogP contribution in [-0.2, 0) is 9.59 Å². The Bertz CT molecular complexity index is 578. The molecule has 25 heavy (non-hydrogen) atoms. The molecule has 1 atom stereocenters. The molecule has 6 nitrogen and oxygen atoms in total. The number of ether oxygens (including phenoxy) is 1. The van der Waals surface area contributed by atoms with E-state index in [9.17, 15) is 9.59 Å². The average Bonchev–Trinajstić information content (AvgIpc) is 2.60. The molecule has 1 aliphatic heterocycles. The van der Waals surface area contributed by atoms with Gasteiger partial charge in [-0.3, -0.25) is 14.5 Å². The molecule has 2 rings (SSSR count). The summed E-state index contributed by atoms with van der Waals surface area (Å²) in [5, 5.41) is 3.15. The number of rotatable bonds is 6.